The summed E-state index contributed by atoms with van der Waals surface area (Å²) < 4.78 is 4.92. The average molecular weight is 204 g/mol. The number of hydrogen-bond donors (Lipinski definition) is 3. The van der Waals surface area contributed by atoms with E-state index in [2.05, 4.69) is 0 Å². The third-order valence-electron chi connectivity index (χ3n) is 1.23. The Morgan fingerprint density at radius 2 is 2.08 bits per heavy atom. The van der Waals surface area contributed by atoms with Crippen LogP contribution in [0.25, 0.3) is 0 Å². The second-order valence-electron chi connectivity index (χ2n) is 2.14. The molecule has 0 atom stereocenters. The molecular weight excluding hydrogens is 190 g/mol. The minimum absolute atomic E-state index is 0.221. The molecule has 0 fully saturated rings. The van der Waals surface area contributed by atoms with Gasteiger partial charge in [-0.05, 0) is 13.0 Å². The SMILES string of the molecule is CCO/C=C/C(N)=C(N)/C(Cl)=C\N. The number of allylic oxidation sites excluding steroid dienone is 2. The van der Waals surface area contributed by atoms with Crippen LogP contribution in [0.5, 0.6) is 0 Å². The molecule has 0 aliphatic rings. The molecule has 0 spiro atoms. The summed E-state index contributed by atoms with van der Waals surface area (Å²) in [5.74, 6) is 0. The lowest BCUT2D eigenvalue weighted by atomic mass is 10.3. The van der Waals surface area contributed by atoms with Gasteiger partial charge in [0.25, 0.3) is 0 Å². The van der Waals surface area contributed by atoms with Gasteiger partial charge >= 0.3 is 0 Å². The minimum Gasteiger partial charge on any atom is -0.501 e. The highest BCUT2D eigenvalue weighted by Gasteiger charge is 1.99. The van der Waals surface area contributed by atoms with Crippen molar-refractivity contribution < 1.29 is 4.74 Å². The van der Waals surface area contributed by atoms with E-state index in [9.17, 15) is 0 Å². The maximum atomic E-state index is 5.62. The van der Waals surface area contributed by atoms with E-state index >= 15 is 0 Å². The molecule has 0 aliphatic heterocycles. The molecule has 6 N–H and O–H groups in total. The predicted molar refractivity (Wildman–Crippen MR) is 54.3 cm³/mol. The van der Waals surface area contributed by atoms with Crippen LogP contribution in [0.15, 0.2) is 35.0 Å². The highest BCUT2D eigenvalue weighted by Crippen LogP contribution is 2.10. The summed E-state index contributed by atoms with van der Waals surface area (Å²) in [5.41, 5.74) is 16.8. The lowest BCUT2D eigenvalue weighted by molar-refractivity contribution is 0.269. The van der Waals surface area contributed by atoms with Crippen LogP contribution in [0.3, 0.4) is 0 Å². The first-order valence-corrected chi connectivity index (χ1v) is 4.12. The molecule has 0 rings (SSSR count). The summed E-state index contributed by atoms with van der Waals surface area (Å²) in [7, 11) is 0. The third-order valence-corrected chi connectivity index (χ3v) is 1.55. The Morgan fingerprint density at radius 1 is 1.46 bits per heavy atom. The van der Waals surface area contributed by atoms with Gasteiger partial charge in [0, 0.05) is 6.20 Å². The molecular formula is C8H14ClN3O. The summed E-state index contributed by atoms with van der Waals surface area (Å²) in [6.07, 6.45) is 4.14. The molecule has 0 aromatic rings. The van der Waals surface area contributed by atoms with E-state index in [1.54, 1.807) is 0 Å². The normalized spacial score (nSPS) is 14.5. The van der Waals surface area contributed by atoms with Gasteiger partial charge in [0.1, 0.15) is 0 Å². The Kier molecular flexibility index (Phi) is 5.63. The highest BCUT2D eigenvalue weighted by molar-refractivity contribution is 6.31. The summed E-state index contributed by atoms with van der Waals surface area (Å²) in [4.78, 5) is 0. The average Bonchev–Trinajstić information content (AvgIpc) is 2.15. The molecule has 0 saturated heterocycles. The van der Waals surface area contributed by atoms with Crippen LogP contribution >= 0.6 is 11.6 Å². The quantitative estimate of drug-likeness (QED) is 0.464. The van der Waals surface area contributed by atoms with Gasteiger partial charge in [-0.15, -0.1) is 0 Å². The van der Waals surface area contributed by atoms with E-state index < -0.39 is 0 Å². The van der Waals surface area contributed by atoms with Crippen LogP contribution in [0.2, 0.25) is 0 Å². The lowest BCUT2D eigenvalue weighted by Crippen LogP contribution is -2.09. The molecule has 0 amide bonds. The molecule has 0 unspecified atom stereocenters. The molecule has 74 valence electrons. The van der Waals surface area contributed by atoms with E-state index in [-0.39, 0.29) is 10.7 Å². The van der Waals surface area contributed by atoms with Gasteiger partial charge in [0.05, 0.1) is 29.3 Å². The first-order chi connectivity index (χ1) is 6.13. The molecule has 5 heteroatoms. The predicted octanol–water partition coefficient (Wildman–Crippen LogP) is 0.705. The van der Waals surface area contributed by atoms with Gasteiger partial charge in [0.2, 0.25) is 0 Å². The Balaban J connectivity index is 4.44. The topological polar surface area (TPSA) is 87.3 Å². The first kappa shape index (κ1) is 11.7. The van der Waals surface area contributed by atoms with E-state index in [1.807, 2.05) is 6.92 Å². The van der Waals surface area contributed by atoms with Crippen LogP contribution in [0.4, 0.5) is 0 Å². The number of hydrogen-bond acceptors (Lipinski definition) is 4. The van der Waals surface area contributed by atoms with Crippen molar-refractivity contribution in [1.82, 2.24) is 0 Å². The van der Waals surface area contributed by atoms with Crippen molar-refractivity contribution in [2.24, 2.45) is 17.2 Å². The van der Waals surface area contributed by atoms with Crippen LogP contribution in [-0.4, -0.2) is 6.61 Å². The van der Waals surface area contributed by atoms with Crippen molar-refractivity contribution in [3.63, 3.8) is 0 Å². The summed E-state index contributed by atoms with van der Waals surface area (Å²) in [6, 6.07) is 0. The fraction of sp³-hybridized carbons (Fsp3) is 0.250. The van der Waals surface area contributed by atoms with Crippen LogP contribution < -0.4 is 17.2 Å². The number of rotatable bonds is 4. The van der Waals surface area contributed by atoms with Crippen molar-refractivity contribution in [1.29, 1.82) is 0 Å². The summed E-state index contributed by atoms with van der Waals surface area (Å²) >= 11 is 5.62. The molecule has 0 aromatic carbocycles. The molecule has 4 nitrogen and oxygen atoms in total. The third kappa shape index (κ3) is 4.32. The Hall–Kier alpha value is -1.29. The lowest BCUT2D eigenvalue weighted by Gasteiger charge is -2.01. The first-order valence-electron chi connectivity index (χ1n) is 3.74. The molecule has 0 bridgehead atoms. The Bertz CT molecular complexity index is 246. The van der Waals surface area contributed by atoms with E-state index in [0.29, 0.717) is 12.3 Å². The number of nitrogens with two attached hydrogens (primary N) is 3. The fourth-order valence-electron chi connectivity index (χ4n) is 0.535. The number of ether oxygens (including phenoxy) is 1. The zero-order valence-electron chi connectivity index (χ0n) is 7.46. The second-order valence-corrected chi connectivity index (χ2v) is 2.55. The van der Waals surface area contributed by atoms with E-state index in [1.165, 1.54) is 18.5 Å². The van der Waals surface area contributed by atoms with Gasteiger partial charge in [-0.3, -0.25) is 0 Å². The zero-order valence-corrected chi connectivity index (χ0v) is 8.21. The molecule has 13 heavy (non-hydrogen) atoms. The Morgan fingerprint density at radius 3 is 2.54 bits per heavy atom. The largest absolute Gasteiger partial charge is 0.501 e. The molecule has 0 aromatic heterocycles. The highest BCUT2D eigenvalue weighted by atomic mass is 35.5. The second kappa shape index (κ2) is 6.25. The summed E-state index contributed by atoms with van der Waals surface area (Å²) in [6.45, 7) is 2.44. The van der Waals surface area contributed by atoms with Crippen molar-refractivity contribution in [2.75, 3.05) is 6.61 Å². The zero-order chi connectivity index (χ0) is 10.3. The minimum atomic E-state index is 0.221. The summed E-state index contributed by atoms with van der Waals surface area (Å²) in [5, 5.41) is 0.221. The van der Waals surface area contributed by atoms with Crippen molar-refractivity contribution in [3.8, 4) is 0 Å². The number of halogens is 1. The van der Waals surface area contributed by atoms with Crippen LogP contribution in [-0.2, 0) is 4.74 Å². The smallest absolute Gasteiger partial charge is 0.0850 e. The van der Waals surface area contributed by atoms with Crippen molar-refractivity contribution in [2.45, 2.75) is 6.92 Å². The van der Waals surface area contributed by atoms with Gasteiger partial charge in [-0.2, -0.15) is 0 Å². The molecule has 0 saturated carbocycles. The van der Waals surface area contributed by atoms with Gasteiger partial charge < -0.3 is 21.9 Å². The maximum Gasteiger partial charge on any atom is 0.0850 e. The molecule has 0 radical (unpaired) electrons. The van der Waals surface area contributed by atoms with E-state index in [4.69, 9.17) is 33.5 Å². The van der Waals surface area contributed by atoms with E-state index in [0.717, 1.165) is 0 Å². The van der Waals surface area contributed by atoms with Crippen LogP contribution in [0.1, 0.15) is 6.92 Å². The van der Waals surface area contributed by atoms with Crippen LogP contribution in [0, 0.1) is 0 Å². The molecule has 0 heterocycles. The van der Waals surface area contributed by atoms with Gasteiger partial charge in [0.15, 0.2) is 0 Å². The van der Waals surface area contributed by atoms with Gasteiger partial charge in [-0.25, -0.2) is 0 Å². The van der Waals surface area contributed by atoms with Crippen molar-refractivity contribution in [3.05, 3.63) is 35.0 Å². The Labute approximate surface area is 82.7 Å². The standard InChI is InChI=1S/C8H14ClN3O/c1-2-13-4-3-7(11)8(12)6(9)5-10/h3-5H,2,10-12H2,1H3/b4-3+,6-5+,8-7+. The molecule has 0 aliphatic carbocycles. The maximum absolute atomic E-state index is 5.62. The monoisotopic (exact) mass is 203 g/mol. The fourth-order valence-corrected chi connectivity index (χ4v) is 0.644. The van der Waals surface area contributed by atoms with Crippen molar-refractivity contribution >= 4 is 11.6 Å². The van der Waals surface area contributed by atoms with Gasteiger partial charge in [-0.1, -0.05) is 11.6 Å².